The van der Waals surface area contributed by atoms with E-state index in [0.29, 0.717) is 12.3 Å². The minimum Gasteiger partial charge on any atom is -0.481 e. The van der Waals surface area contributed by atoms with Crippen molar-refractivity contribution in [1.29, 1.82) is 0 Å². The quantitative estimate of drug-likeness (QED) is 0.628. The summed E-state index contributed by atoms with van der Waals surface area (Å²) >= 11 is 2.95. The molecule has 15 heavy (non-hydrogen) atoms. The highest BCUT2D eigenvalue weighted by Crippen LogP contribution is 2.04. The average molecular weight is 251 g/mol. The van der Waals surface area contributed by atoms with Crippen LogP contribution in [0.1, 0.15) is 6.92 Å². The zero-order chi connectivity index (χ0) is 11.7. The number of carbonyl (C=O) groups is 2. The molecule has 0 aliphatic carbocycles. The van der Waals surface area contributed by atoms with Gasteiger partial charge < -0.3 is 10.4 Å². The van der Waals surface area contributed by atoms with Crippen molar-refractivity contribution < 1.29 is 14.7 Å². The Morgan fingerprint density at radius 1 is 1.47 bits per heavy atom. The fourth-order valence-corrected chi connectivity index (χ4v) is 2.12. The number of hydrogen-bond donors (Lipinski definition) is 2. The maximum absolute atomic E-state index is 11.4. The van der Waals surface area contributed by atoms with E-state index in [1.165, 1.54) is 11.8 Å². The second kappa shape index (κ2) is 8.91. The monoisotopic (exact) mass is 251 g/mol. The first kappa shape index (κ1) is 14.6. The van der Waals surface area contributed by atoms with Gasteiger partial charge in [-0.1, -0.05) is 6.92 Å². The van der Waals surface area contributed by atoms with Crippen molar-refractivity contribution in [2.75, 3.05) is 30.1 Å². The van der Waals surface area contributed by atoms with Gasteiger partial charge in [-0.2, -0.15) is 11.8 Å². The summed E-state index contributed by atoms with van der Waals surface area (Å²) in [5.74, 6) is 0.792. The normalized spacial score (nSPS) is 12.1. The van der Waals surface area contributed by atoms with E-state index in [1.807, 2.05) is 13.2 Å². The van der Waals surface area contributed by atoms with E-state index < -0.39 is 5.97 Å². The summed E-state index contributed by atoms with van der Waals surface area (Å²) in [6.07, 6.45) is 1.96. The van der Waals surface area contributed by atoms with Crippen LogP contribution in [0.25, 0.3) is 0 Å². The third-order valence-corrected chi connectivity index (χ3v) is 3.41. The van der Waals surface area contributed by atoms with Crippen molar-refractivity contribution in [3.8, 4) is 0 Å². The zero-order valence-corrected chi connectivity index (χ0v) is 10.6. The molecule has 0 rings (SSSR count). The van der Waals surface area contributed by atoms with Crippen LogP contribution in [0.15, 0.2) is 0 Å². The Morgan fingerprint density at radius 3 is 2.67 bits per heavy atom. The van der Waals surface area contributed by atoms with Crippen molar-refractivity contribution in [3.05, 3.63) is 0 Å². The third kappa shape index (κ3) is 8.62. The molecule has 1 unspecified atom stereocenters. The molecule has 6 heteroatoms. The van der Waals surface area contributed by atoms with Gasteiger partial charge in [0.2, 0.25) is 5.91 Å². The van der Waals surface area contributed by atoms with Gasteiger partial charge in [0.05, 0.1) is 5.75 Å². The Kier molecular flexibility index (Phi) is 8.70. The van der Waals surface area contributed by atoms with Gasteiger partial charge in [0.1, 0.15) is 0 Å². The lowest BCUT2D eigenvalue weighted by Gasteiger charge is -2.10. The highest BCUT2D eigenvalue weighted by molar-refractivity contribution is 7.99. The molecule has 0 saturated heterocycles. The van der Waals surface area contributed by atoms with E-state index in [9.17, 15) is 9.59 Å². The van der Waals surface area contributed by atoms with E-state index in [2.05, 4.69) is 5.32 Å². The lowest BCUT2D eigenvalue weighted by molar-refractivity contribution is -0.133. The molecule has 0 heterocycles. The molecule has 1 atom stereocenters. The van der Waals surface area contributed by atoms with Crippen LogP contribution < -0.4 is 5.32 Å². The number of amides is 1. The van der Waals surface area contributed by atoms with Crippen LogP contribution in [0.4, 0.5) is 0 Å². The van der Waals surface area contributed by atoms with E-state index >= 15 is 0 Å². The average Bonchev–Trinajstić information content (AvgIpc) is 2.16. The van der Waals surface area contributed by atoms with Crippen LogP contribution in [0.3, 0.4) is 0 Å². The first-order chi connectivity index (χ1) is 7.07. The number of carbonyl (C=O) groups excluding carboxylic acids is 1. The molecule has 0 aliphatic rings. The molecule has 0 aromatic heterocycles. The van der Waals surface area contributed by atoms with Crippen molar-refractivity contribution in [2.24, 2.45) is 5.92 Å². The molecule has 0 aromatic rings. The maximum Gasteiger partial charge on any atom is 0.313 e. The Bertz CT molecular complexity index is 212. The fraction of sp³-hybridized carbons (Fsp3) is 0.778. The summed E-state index contributed by atoms with van der Waals surface area (Å²) in [5, 5.41) is 11.1. The minimum atomic E-state index is -0.818. The Labute approximate surface area is 98.6 Å². The lowest BCUT2D eigenvalue weighted by atomic mass is 10.2. The largest absolute Gasteiger partial charge is 0.481 e. The smallest absolute Gasteiger partial charge is 0.313 e. The van der Waals surface area contributed by atoms with Crippen LogP contribution in [0, 0.1) is 5.92 Å². The summed E-state index contributed by atoms with van der Waals surface area (Å²) in [7, 11) is 0. The van der Waals surface area contributed by atoms with Gasteiger partial charge in [0.15, 0.2) is 0 Å². The Morgan fingerprint density at radius 2 is 2.13 bits per heavy atom. The van der Waals surface area contributed by atoms with Crippen molar-refractivity contribution in [2.45, 2.75) is 6.92 Å². The summed E-state index contributed by atoms with van der Waals surface area (Å²) in [6.45, 7) is 2.42. The molecule has 4 nitrogen and oxygen atoms in total. The van der Waals surface area contributed by atoms with Crippen LogP contribution in [0.2, 0.25) is 0 Å². The number of rotatable bonds is 8. The second-order valence-electron chi connectivity index (χ2n) is 3.09. The molecule has 1 amide bonds. The molecule has 0 saturated carbocycles. The van der Waals surface area contributed by atoms with Crippen molar-refractivity contribution >= 4 is 35.4 Å². The highest BCUT2D eigenvalue weighted by atomic mass is 32.2. The number of aliphatic carboxylic acids is 1. The number of thioether (sulfide) groups is 2. The maximum atomic E-state index is 11.4. The van der Waals surface area contributed by atoms with Gasteiger partial charge in [-0.25, -0.2) is 0 Å². The predicted octanol–water partition coefficient (Wildman–Crippen LogP) is 0.919. The van der Waals surface area contributed by atoms with Crippen LogP contribution in [-0.2, 0) is 9.59 Å². The SMILES string of the molecule is CSCC(C)C(=O)NCCSCC(=O)O. The molecular formula is C9H17NO3S2. The molecular weight excluding hydrogens is 234 g/mol. The van der Waals surface area contributed by atoms with Gasteiger partial charge in [-0.05, 0) is 6.26 Å². The first-order valence-electron chi connectivity index (χ1n) is 4.64. The van der Waals surface area contributed by atoms with E-state index in [4.69, 9.17) is 5.11 Å². The number of hydrogen-bond acceptors (Lipinski definition) is 4. The van der Waals surface area contributed by atoms with Crippen LogP contribution in [-0.4, -0.2) is 47.0 Å². The number of carboxylic acids is 1. The lowest BCUT2D eigenvalue weighted by Crippen LogP contribution is -2.32. The summed E-state index contributed by atoms with van der Waals surface area (Å²) in [6, 6.07) is 0. The molecule has 0 fully saturated rings. The van der Waals surface area contributed by atoms with E-state index in [-0.39, 0.29) is 17.6 Å². The molecule has 88 valence electrons. The first-order valence-corrected chi connectivity index (χ1v) is 7.19. The fourth-order valence-electron chi connectivity index (χ4n) is 0.906. The molecule has 0 bridgehead atoms. The minimum absolute atomic E-state index is 0.0180. The Hall–Kier alpha value is -0.360. The number of carboxylic acid groups (broad SMARTS) is 1. The highest BCUT2D eigenvalue weighted by Gasteiger charge is 2.10. The molecule has 0 spiro atoms. The van der Waals surface area contributed by atoms with Crippen LogP contribution >= 0.6 is 23.5 Å². The van der Waals surface area contributed by atoms with Gasteiger partial charge in [0.25, 0.3) is 0 Å². The van der Waals surface area contributed by atoms with Crippen LogP contribution in [0.5, 0.6) is 0 Å². The predicted molar refractivity (Wildman–Crippen MR) is 65.5 cm³/mol. The summed E-state index contributed by atoms with van der Waals surface area (Å²) in [4.78, 5) is 21.6. The summed E-state index contributed by atoms with van der Waals surface area (Å²) in [5.41, 5.74) is 0. The van der Waals surface area contributed by atoms with Crippen molar-refractivity contribution in [3.63, 3.8) is 0 Å². The number of nitrogens with one attached hydrogen (secondary N) is 1. The molecule has 0 radical (unpaired) electrons. The topological polar surface area (TPSA) is 66.4 Å². The van der Waals surface area contributed by atoms with Crippen molar-refractivity contribution in [1.82, 2.24) is 5.32 Å². The molecule has 0 aliphatic heterocycles. The molecule has 2 N–H and O–H groups in total. The van der Waals surface area contributed by atoms with Gasteiger partial charge >= 0.3 is 5.97 Å². The van der Waals surface area contributed by atoms with Gasteiger partial charge in [-0.15, -0.1) is 11.8 Å². The van der Waals surface area contributed by atoms with E-state index in [0.717, 1.165) is 5.75 Å². The standard InChI is InChI=1S/C9H17NO3S2/c1-7(5-14-2)9(13)10-3-4-15-6-8(11)12/h7H,3-6H2,1-2H3,(H,10,13)(H,11,12). The van der Waals surface area contributed by atoms with E-state index in [1.54, 1.807) is 11.8 Å². The second-order valence-corrected chi connectivity index (χ2v) is 5.11. The molecule has 0 aromatic carbocycles. The Balaban J connectivity index is 3.42. The third-order valence-electron chi connectivity index (χ3n) is 1.64. The zero-order valence-electron chi connectivity index (χ0n) is 8.99. The van der Waals surface area contributed by atoms with Gasteiger partial charge in [0, 0.05) is 24.0 Å². The van der Waals surface area contributed by atoms with Gasteiger partial charge in [-0.3, -0.25) is 9.59 Å². The summed E-state index contributed by atoms with van der Waals surface area (Å²) < 4.78 is 0.